The Morgan fingerprint density at radius 2 is 2.58 bits per heavy atom. The van der Waals surface area contributed by atoms with Crippen molar-refractivity contribution < 1.29 is 9.90 Å². The minimum absolute atomic E-state index is 0.00417. The molecule has 1 saturated heterocycles. The molecule has 0 spiro atoms. The summed E-state index contributed by atoms with van der Waals surface area (Å²) in [6.45, 7) is 5.85. The molecule has 0 aromatic heterocycles. The Morgan fingerprint density at radius 1 is 1.92 bits per heavy atom. The molecule has 0 aliphatic carbocycles. The van der Waals surface area contributed by atoms with Crippen LogP contribution in [0.5, 0.6) is 0 Å². The molecule has 1 fully saturated rings. The predicted molar refractivity (Wildman–Crippen MR) is 46.6 cm³/mol. The summed E-state index contributed by atoms with van der Waals surface area (Å²) in [7, 11) is 0. The van der Waals surface area contributed by atoms with Crippen molar-refractivity contribution in [2.75, 3.05) is 6.54 Å². The number of amides is 1. The summed E-state index contributed by atoms with van der Waals surface area (Å²) in [5, 5.41) is 9.34. The Kier molecular flexibility index (Phi) is 2.87. The first-order valence-corrected chi connectivity index (χ1v) is 4.25. The highest BCUT2D eigenvalue weighted by atomic mass is 16.3. The number of carbonyl (C=O) groups excluding carboxylic acids is 1. The Bertz CT molecular complexity index is 189. The van der Waals surface area contributed by atoms with E-state index in [0.717, 1.165) is 6.42 Å². The van der Waals surface area contributed by atoms with Gasteiger partial charge < -0.3 is 10.0 Å². The average Bonchev–Trinajstić information content (AvgIpc) is 2.34. The molecule has 0 saturated carbocycles. The molecular formula is C9H15NO2. The Balaban J connectivity index is 2.63. The molecule has 2 atom stereocenters. The predicted octanol–water partition coefficient (Wildman–Crippen LogP) is 0.544. The minimum atomic E-state index is -0.434. The van der Waals surface area contributed by atoms with E-state index >= 15 is 0 Å². The molecule has 0 aromatic rings. The quantitative estimate of drug-likeness (QED) is 0.626. The Hall–Kier alpha value is -0.830. The zero-order valence-corrected chi connectivity index (χ0v) is 7.36. The molecule has 3 nitrogen and oxygen atoms in total. The molecule has 3 heteroatoms. The average molecular weight is 169 g/mol. The fraction of sp³-hybridized carbons (Fsp3) is 0.667. The van der Waals surface area contributed by atoms with Gasteiger partial charge in [0.2, 0.25) is 5.91 Å². The lowest BCUT2D eigenvalue weighted by molar-refractivity contribution is -0.129. The van der Waals surface area contributed by atoms with Crippen molar-refractivity contribution in [2.45, 2.75) is 31.9 Å². The lowest BCUT2D eigenvalue weighted by Gasteiger charge is -2.25. The second-order valence-corrected chi connectivity index (χ2v) is 3.18. The summed E-state index contributed by atoms with van der Waals surface area (Å²) in [6, 6.07) is -0.00417. The maximum atomic E-state index is 11.2. The van der Waals surface area contributed by atoms with Gasteiger partial charge in [-0.3, -0.25) is 4.79 Å². The van der Waals surface area contributed by atoms with Crippen LogP contribution in [0.3, 0.4) is 0 Å². The molecule has 1 aliphatic heterocycles. The van der Waals surface area contributed by atoms with E-state index in [2.05, 4.69) is 6.58 Å². The Morgan fingerprint density at radius 3 is 3.08 bits per heavy atom. The van der Waals surface area contributed by atoms with Gasteiger partial charge in [-0.2, -0.15) is 0 Å². The van der Waals surface area contributed by atoms with Gasteiger partial charge in [0.25, 0.3) is 0 Å². The summed E-state index contributed by atoms with van der Waals surface area (Å²) >= 11 is 0. The first-order valence-electron chi connectivity index (χ1n) is 4.25. The summed E-state index contributed by atoms with van der Waals surface area (Å²) in [5.41, 5.74) is 0. The number of hydrogen-bond donors (Lipinski definition) is 1. The maximum Gasteiger partial charge on any atom is 0.223 e. The van der Waals surface area contributed by atoms with Crippen LogP contribution in [0.4, 0.5) is 0 Å². The molecule has 1 heterocycles. The first kappa shape index (κ1) is 9.26. The monoisotopic (exact) mass is 169 g/mol. The van der Waals surface area contributed by atoms with Gasteiger partial charge >= 0.3 is 0 Å². The fourth-order valence-electron chi connectivity index (χ4n) is 1.63. The van der Waals surface area contributed by atoms with E-state index in [1.54, 1.807) is 17.9 Å². The zero-order valence-electron chi connectivity index (χ0n) is 7.36. The van der Waals surface area contributed by atoms with Gasteiger partial charge in [-0.15, -0.1) is 6.58 Å². The van der Waals surface area contributed by atoms with Crippen LogP contribution in [-0.4, -0.2) is 34.6 Å². The largest absolute Gasteiger partial charge is 0.391 e. The lowest BCUT2D eigenvalue weighted by Crippen LogP contribution is -2.39. The van der Waals surface area contributed by atoms with E-state index in [1.807, 2.05) is 0 Å². The number of rotatable bonds is 3. The molecular weight excluding hydrogens is 154 g/mol. The molecule has 1 rings (SSSR count). The maximum absolute atomic E-state index is 11.2. The van der Waals surface area contributed by atoms with Crippen LogP contribution in [0, 0.1) is 0 Å². The molecule has 68 valence electrons. The second-order valence-electron chi connectivity index (χ2n) is 3.18. The third-order valence-electron chi connectivity index (χ3n) is 2.26. The van der Waals surface area contributed by atoms with E-state index < -0.39 is 6.10 Å². The van der Waals surface area contributed by atoms with Crippen molar-refractivity contribution >= 4 is 5.91 Å². The number of nitrogens with zero attached hydrogens (tertiary/aromatic N) is 1. The number of aliphatic hydroxyl groups is 1. The molecule has 12 heavy (non-hydrogen) atoms. The van der Waals surface area contributed by atoms with Crippen molar-refractivity contribution in [2.24, 2.45) is 0 Å². The summed E-state index contributed by atoms with van der Waals surface area (Å²) in [5.74, 6) is 0.126. The number of likely N-dealkylation sites (tertiary alicyclic amines) is 1. The van der Waals surface area contributed by atoms with Gasteiger partial charge in [-0.05, 0) is 13.3 Å². The molecule has 1 amide bonds. The van der Waals surface area contributed by atoms with Crippen LogP contribution in [0.1, 0.15) is 19.8 Å². The third-order valence-corrected chi connectivity index (χ3v) is 2.26. The standard InChI is InChI=1S/C9H15NO2/c1-3-6-10-8(7(2)11)4-5-9(10)12/h3,7-8,11H,1,4-6H2,2H3/t7?,8-/m0/s1. The van der Waals surface area contributed by atoms with Crippen LogP contribution < -0.4 is 0 Å². The van der Waals surface area contributed by atoms with Gasteiger partial charge in [0.15, 0.2) is 0 Å². The summed E-state index contributed by atoms with van der Waals surface area (Å²) < 4.78 is 0. The van der Waals surface area contributed by atoms with Crippen LogP contribution in [-0.2, 0) is 4.79 Å². The van der Waals surface area contributed by atoms with E-state index in [0.29, 0.717) is 13.0 Å². The highest BCUT2D eigenvalue weighted by Crippen LogP contribution is 2.20. The normalized spacial score (nSPS) is 26.0. The number of carbonyl (C=O) groups is 1. The fourth-order valence-corrected chi connectivity index (χ4v) is 1.63. The lowest BCUT2D eigenvalue weighted by atomic mass is 10.1. The molecule has 1 unspecified atom stereocenters. The molecule has 0 bridgehead atoms. The highest BCUT2D eigenvalue weighted by Gasteiger charge is 2.32. The van der Waals surface area contributed by atoms with E-state index in [4.69, 9.17) is 0 Å². The third kappa shape index (κ3) is 1.67. The van der Waals surface area contributed by atoms with E-state index in [9.17, 15) is 9.90 Å². The van der Waals surface area contributed by atoms with Crippen LogP contribution in [0.25, 0.3) is 0 Å². The van der Waals surface area contributed by atoms with Gasteiger partial charge in [-0.1, -0.05) is 6.08 Å². The SMILES string of the molecule is C=CCN1C(=O)CC[C@H]1C(C)O. The van der Waals surface area contributed by atoms with Crippen molar-refractivity contribution in [3.8, 4) is 0 Å². The van der Waals surface area contributed by atoms with Crippen LogP contribution in [0.2, 0.25) is 0 Å². The smallest absolute Gasteiger partial charge is 0.223 e. The van der Waals surface area contributed by atoms with Crippen molar-refractivity contribution in [3.63, 3.8) is 0 Å². The van der Waals surface area contributed by atoms with Crippen molar-refractivity contribution in [1.82, 2.24) is 4.90 Å². The van der Waals surface area contributed by atoms with Gasteiger partial charge in [0.05, 0.1) is 12.1 Å². The van der Waals surface area contributed by atoms with Gasteiger partial charge in [-0.25, -0.2) is 0 Å². The minimum Gasteiger partial charge on any atom is -0.391 e. The van der Waals surface area contributed by atoms with E-state index in [1.165, 1.54) is 0 Å². The van der Waals surface area contributed by atoms with Crippen LogP contribution in [0.15, 0.2) is 12.7 Å². The van der Waals surface area contributed by atoms with Crippen molar-refractivity contribution in [3.05, 3.63) is 12.7 Å². The second kappa shape index (κ2) is 3.72. The molecule has 1 N–H and O–H groups in total. The van der Waals surface area contributed by atoms with Crippen LogP contribution >= 0.6 is 0 Å². The summed E-state index contributed by atoms with van der Waals surface area (Å²) in [4.78, 5) is 12.9. The number of hydrogen-bond acceptors (Lipinski definition) is 2. The van der Waals surface area contributed by atoms with Crippen molar-refractivity contribution in [1.29, 1.82) is 0 Å². The zero-order chi connectivity index (χ0) is 9.14. The van der Waals surface area contributed by atoms with E-state index in [-0.39, 0.29) is 11.9 Å². The highest BCUT2D eigenvalue weighted by molar-refractivity contribution is 5.79. The number of aliphatic hydroxyl groups excluding tert-OH is 1. The first-order chi connectivity index (χ1) is 5.66. The Labute approximate surface area is 72.7 Å². The van der Waals surface area contributed by atoms with Gasteiger partial charge in [0, 0.05) is 13.0 Å². The van der Waals surface area contributed by atoms with Gasteiger partial charge in [0.1, 0.15) is 0 Å². The molecule has 0 aromatic carbocycles. The topological polar surface area (TPSA) is 40.5 Å². The summed E-state index contributed by atoms with van der Waals surface area (Å²) in [6.07, 6.45) is 2.59. The molecule has 1 aliphatic rings. The molecule has 0 radical (unpaired) electrons.